The molecule has 1 unspecified atom stereocenters. The zero-order valence-corrected chi connectivity index (χ0v) is 15.8. The fourth-order valence-electron chi connectivity index (χ4n) is 2.87. The molecule has 2 heterocycles. The normalized spacial score (nSPS) is 15.6. The van der Waals surface area contributed by atoms with E-state index in [4.69, 9.17) is 4.74 Å². The van der Waals surface area contributed by atoms with Gasteiger partial charge in [0.25, 0.3) is 11.7 Å². The average molecular weight is 384 g/mol. The summed E-state index contributed by atoms with van der Waals surface area (Å²) in [7, 11) is 0. The Morgan fingerprint density at radius 2 is 2.04 bits per heavy atom. The third-order valence-electron chi connectivity index (χ3n) is 4.54. The largest absolute Gasteiger partial charge is 0.474 e. The fourth-order valence-corrected chi connectivity index (χ4v) is 2.87. The zero-order chi connectivity index (χ0) is 20.4. The van der Waals surface area contributed by atoms with Crippen LogP contribution in [0.4, 0.5) is 17.3 Å². The predicted molar refractivity (Wildman–Crippen MR) is 102 cm³/mol. The average Bonchev–Trinajstić information content (AvgIpc) is 2.66. The number of carbonyl (C=O) groups excluding carboxylic acids is 2. The van der Waals surface area contributed by atoms with E-state index in [-0.39, 0.29) is 18.1 Å². The van der Waals surface area contributed by atoms with E-state index in [1.54, 1.807) is 13.0 Å². The Hall–Kier alpha value is -3.49. The number of fused-ring (bicyclic) bond motifs is 1. The Kier molecular flexibility index (Phi) is 5.25. The van der Waals surface area contributed by atoms with E-state index < -0.39 is 28.7 Å². The highest BCUT2D eigenvalue weighted by atomic mass is 16.6. The standard InChI is InChI=1S/C19H20N4O5/c1-4-14-19(25)22(18-15(28-14)7-8-16(21-18)23(26)27)10-17(24)20-13-6-5-11(2)12(3)9-13/h5-9,14H,4,10H2,1-3H3,(H,20,24). The summed E-state index contributed by atoms with van der Waals surface area (Å²) in [5.41, 5.74) is 2.72. The Bertz CT molecular complexity index is 959. The molecule has 0 aliphatic carbocycles. The summed E-state index contributed by atoms with van der Waals surface area (Å²) < 4.78 is 5.58. The lowest BCUT2D eigenvalue weighted by Crippen LogP contribution is -2.49. The van der Waals surface area contributed by atoms with Crippen LogP contribution in [0.25, 0.3) is 0 Å². The summed E-state index contributed by atoms with van der Waals surface area (Å²) in [4.78, 5) is 40.6. The van der Waals surface area contributed by atoms with Crippen LogP contribution in [0.2, 0.25) is 0 Å². The number of nitrogens with one attached hydrogen (secondary N) is 1. The summed E-state index contributed by atoms with van der Waals surface area (Å²) >= 11 is 0. The Labute approximate surface area is 161 Å². The van der Waals surface area contributed by atoms with E-state index in [1.165, 1.54) is 12.1 Å². The number of carbonyl (C=O) groups is 2. The molecule has 0 saturated carbocycles. The molecule has 1 aromatic heterocycles. The number of nitro groups is 1. The monoisotopic (exact) mass is 384 g/mol. The van der Waals surface area contributed by atoms with Crippen molar-refractivity contribution in [2.24, 2.45) is 0 Å². The van der Waals surface area contributed by atoms with Crippen LogP contribution in [0.1, 0.15) is 24.5 Å². The number of aryl methyl sites for hydroxylation is 2. The number of hydrogen-bond acceptors (Lipinski definition) is 6. The smallest absolute Gasteiger partial charge is 0.366 e. The molecule has 28 heavy (non-hydrogen) atoms. The van der Waals surface area contributed by atoms with Gasteiger partial charge in [0, 0.05) is 11.8 Å². The number of hydrogen-bond donors (Lipinski definition) is 1. The second kappa shape index (κ2) is 7.63. The van der Waals surface area contributed by atoms with E-state index >= 15 is 0 Å². The summed E-state index contributed by atoms with van der Waals surface area (Å²) in [6, 6.07) is 8.09. The van der Waals surface area contributed by atoms with Crippen LogP contribution in [-0.2, 0) is 9.59 Å². The van der Waals surface area contributed by atoms with Gasteiger partial charge in [-0.15, -0.1) is 0 Å². The second-order valence-electron chi connectivity index (χ2n) is 6.53. The maximum absolute atomic E-state index is 12.7. The zero-order valence-electron chi connectivity index (χ0n) is 15.8. The molecule has 1 aliphatic rings. The molecule has 2 amide bonds. The Morgan fingerprint density at radius 3 is 2.68 bits per heavy atom. The summed E-state index contributed by atoms with van der Waals surface area (Å²) in [5.74, 6) is -1.12. The highest BCUT2D eigenvalue weighted by molar-refractivity contribution is 6.05. The molecule has 0 spiro atoms. The minimum atomic E-state index is -0.773. The quantitative estimate of drug-likeness (QED) is 0.626. The van der Waals surface area contributed by atoms with Gasteiger partial charge in [0.2, 0.25) is 5.91 Å². The molecule has 0 radical (unpaired) electrons. The maximum atomic E-state index is 12.7. The lowest BCUT2D eigenvalue weighted by Gasteiger charge is -2.30. The van der Waals surface area contributed by atoms with Crippen LogP contribution in [0, 0.1) is 24.0 Å². The number of anilines is 2. The first-order valence-electron chi connectivity index (χ1n) is 8.80. The highest BCUT2D eigenvalue weighted by Crippen LogP contribution is 2.34. The molecule has 1 aromatic carbocycles. The minimum Gasteiger partial charge on any atom is -0.474 e. The van der Waals surface area contributed by atoms with Gasteiger partial charge in [-0.25, -0.2) is 0 Å². The van der Waals surface area contributed by atoms with E-state index in [1.807, 2.05) is 26.0 Å². The maximum Gasteiger partial charge on any atom is 0.366 e. The third-order valence-corrected chi connectivity index (χ3v) is 4.54. The van der Waals surface area contributed by atoms with Crippen LogP contribution in [-0.4, -0.2) is 34.4 Å². The van der Waals surface area contributed by atoms with Crippen LogP contribution in [0.15, 0.2) is 30.3 Å². The summed E-state index contributed by atoms with van der Waals surface area (Å²) in [6.07, 6.45) is -0.380. The fraction of sp³-hybridized carbons (Fsp3) is 0.316. The van der Waals surface area contributed by atoms with E-state index in [9.17, 15) is 19.7 Å². The van der Waals surface area contributed by atoms with Gasteiger partial charge in [-0.05, 0) is 59.5 Å². The number of aromatic nitrogens is 1. The molecule has 0 saturated heterocycles. The van der Waals surface area contributed by atoms with Gasteiger partial charge in [-0.3, -0.25) is 14.5 Å². The Morgan fingerprint density at radius 1 is 1.29 bits per heavy atom. The van der Waals surface area contributed by atoms with Crippen molar-refractivity contribution in [3.63, 3.8) is 0 Å². The molecule has 1 atom stereocenters. The van der Waals surface area contributed by atoms with Gasteiger partial charge < -0.3 is 20.2 Å². The van der Waals surface area contributed by atoms with Crippen molar-refractivity contribution in [1.82, 2.24) is 4.98 Å². The molecule has 0 fully saturated rings. The van der Waals surface area contributed by atoms with Crippen molar-refractivity contribution in [2.75, 3.05) is 16.8 Å². The number of pyridine rings is 1. The van der Waals surface area contributed by atoms with Gasteiger partial charge >= 0.3 is 5.82 Å². The van der Waals surface area contributed by atoms with Crippen molar-refractivity contribution in [2.45, 2.75) is 33.3 Å². The molecule has 1 aliphatic heterocycles. The van der Waals surface area contributed by atoms with Crippen LogP contribution >= 0.6 is 0 Å². The highest BCUT2D eigenvalue weighted by Gasteiger charge is 2.39. The second-order valence-corrected chi connectivity index (χ2v) is 6.53. The molecular formula is C19H20N4O5. The van der Waals surface area contributed by atoms with Crippen molar-refractivity contribution in [1.29, 1.82) is 0 Å². The molecular weight excluding hydrogens is 364 g/mol. The number of rotatable bonds is 5. The lowest BCUT2D eigenvalue weighted by molar-refractivity contribution is -0.389. The number of amides is 2. The number of benzene rings is 1. The van der Waals surface area contributed by atoms with Gasteiger partial charge in [0.05, 0.1) is 0 Å². The van der Waals surface area contributed by atoms with Crippen molar-refractivity contribution in [3.8, 4) is 5.75 Å². The van der Waals surface area contributed by atoms with Crippen LogP contribution < -0.4 is 15.0 Å². The molecule has 2 aromatic rings. The van der Waals surface area contributed by atoms with E-state index in [0.29, 0.717) is 12.1 Å². The first kappa shape index (κ1) is 19.3. The molecule has 146 valence electrons. The van der Waals surface area contributed by atoms with Gasteiger partial charge in [0.1, 0.15) is 6.54 Å². The van der Waals surface area contributed by atoms with Gasteiger partial charge in [0.15, 0.2) is 11.9 Å². The predicted octanol–water partition coefficient (Wildman–Crippen LogP) is 2.75. The van der Waals surface area contributed by atoms with E-state index in [2.05, 4.69) is 10.3 Å². The minimum absolute atomic E-state index is 0.0286. The Balaban J connectivity index is 1.87. The van der Waals surface area contributed by atoms with Crippen molar-refractivity contribution in [3.05, 3.63) is 51.6 Å². The third kappa shape index (κ3) is 3.78. The van der Waals surface area contributed by atoms with Crippen LogP contribution in [0.3, 0.4) is 0 Å². The van der Waals surface area contributed by atoms with E-state index in [0.717, 1.165) is 16.0 Å². The first-order valence-corrected chi connectivity index (χ1v) is 8.80. The summed E-state index contributed by atoms with van der Waals surface area (Å²) in [6.45, 7) is 5.35. The van der Waals surface area contributed by atoms with Crippen molar-refractivity contribution < 1.29 is 19.2 Å². The number of ether oxygens (including phenoxy) is 1. The SMILES string of the molecule is CCC1Oc2ccc([N+](=O)[O-])nc2N(CC(=O)Nc2ccc(C)c(C)c2)C1=O. The first-order chi connectivity index (χ1) is 13.3. The topological polar surface area (TPSA) is 115 Å². The summed E-state index contributed by atoms with van der Waals surface area (Å²) in [5, 5.41) is 13.8. The molecule has 9 heteroatoms. The molecule has 0 bridgehead atoms. The molecule has 1 N–H and O–H groups in total. The lowest BCUT2D eigenvalue weighted by atomic mass is 10.1. The van der Waals surface area contributed by atoms with Crippen molar-refractivity contribution >= 4 is 29.1 Å². The van der Waals surface area contributed by atoms with Gasteiger partial charge in [-0.2, -0.15) is 0 Å². The van der Waals surface area contributed by atoms with Gasteiger partial charge in [-0.1, -0.05) is 13.0 Å². The molecule has 3 rings (SSSR count). The number of nitrogens with zero attached hydrogens (tertiary/aromatic N) is 3. The molecule has 9 nitrogen and oxygen atoms in total. The van der Waals surface area contributed by atoms with Crippen LogP contribution in [0.5, 0.6) is 5.75 Å².